The molecule has 0 amide bonds. The topological polar surface area (TPSA) is 38.3 Å². The highest BCUT2D eigenvalue weighted by molar-refractivity contribution is 7.99. The lowest BCUT2D eigenvalue weighted by Crippen LogP contribution is -2.32. The van der Waals surface area contributed by atoms with Gasteiger partial charge in [-0.25, -0.2) is 4.79 Å². The monoisotopic (exact) mass is 265 g/mol. The fourth-order valence-electron chi connectivity index (χ4n) is 2.04. The van der Waals surface area contributed by atoms with Crippen LogP contribution in [0.2, 0.25) is 0 Å². The van der Waals surface area contributed by atoms with Gasteiger partial charge in [-0.15, -0.1) is 0 Å². The predicted molar refractivity (Wildman–Crippen MR) is 75.0 cm³/mol. The summed E-state index contributed by atoms with van der Waals surface area (Å²) in [6, 6.07) is 8.25. The van der Waals surface area contributed by atoms with E-state index in [1.54, 1.807) is 0 Å². The molecule has 0 saturated carbocycles. The Hall–Kier alpha value is -1.00. The van der Waals surface area contributed by atoms with Gasteiger partial charge in [0.1, 0.15) is 0 Å². The van der Waals surface area contributed by atoms with Crippen LogP contribution >= 0.6 is 11.8 Å². The van der Waals surface area contributed by atoms with Crippen LogP contribution in [0.15, 0.2) is 24.3 Å². The molecule has 98 valence electrons. The van der Waals surface area contributed by atoms with E-state index >= 15 is 0 Å². The number of ether oxygens (including phenoxy) is 1. The summed E-state index contributed by atoms with van der Waals surface area (Å²) >= 11 is 2.04. The third-order valence-electron chi connectivity index (χ3n) is 3.19. The molecule has 0 atom stereocenters. The number of esters is 1. The molecule has 2 rings (SSSR count). The van der Waals surface area contributed by atoms with E-state index in [0.717, 1.165) is 6.54 Å². The molecule has 4 heteroatoms. The van der Waals surface area contributed by atoms with Gasteiger partial charge in [-0.3, -0.25) is 0 Å². The lowest BCUT2D eigenvalue weighted by molar-refractivity contribution is 0.0600. The molecule has 3 nitrogen and oxygen atoms in total. The molecule has 0 radical (unpaired) electrons. The zero-order chi connectivity index (χ0) is 12.8. The molecule has 0 unspecified atom stereocenters. The van der Waals surface area contributed by atoms with Gasteiger partial charge in [-0.05, 0) is 42.0 Å². The third kappa shape index (κ3) is 3.75. The lowest BCUT2D eigenvalue weighted by Gasteiger charge is -2.22. The second-order valence-electron chi connectivity index (χ2n) is 4.46. The maximum Gasteiger partial charge on any atom is 0.337 e. The van der Waals surface area contributed by atoms with Gasteiger partial charge in [0.05, 0.1) is 12.7 Å². The molecule has 18 heavy (non-hydrogen) atoms. The summed E-state index contributed by atoms with van der Waals surface area (Å²) in [6.07, 6.45) is 2.51. The first-order valence-corrected chi connectivity index (χ1v) is 7.43. The molecule has 1 N–H and O–H groups in total. The highest BCUT2D eigenvalue weighted by atomic mass is 32.2. The number of benzene rings is 1. The summed E-state index contributed by atoms with van der Waals surface area (Å²) < 4.78 is 4.67. The van der Waals surface area contributed by atoms with Gasteiger partial charge in [-0.2, -0.15) is 11.8 Å². The Morgan fingerprint density at radius 1 is 1.33 bits per heavy atom. The first-order chi connectivity index (χ1) is 8.79. The van der Waals surface area contributed by atoms with Gasteiger partial charge in [0.15, 0.2) is 0 Å². The number of nitrogens with one attached hydrogen (secondary N) is 1. The fraction of sp³-hybridized carbons (Fsp3) is 0.500. The average molecular weight is 265 g/mol. The van der Waals surface area contributed by atoms with Gasteiger partial charge in [0.2, 0.25) is 0 Å². The van der Waals surface area contributed by atoms with Gasteiger partial charge < -0.3 is 10.1 Å². The van der Waals surface area contributed by atoms with Gasteiger partial charge in [0, 0.05) is 12.6 Å². The Morgan fingerprint density at radius 2 is 2.00 bits per heavy atom. The summed E-state index contributed by atoms with van der Waals surface area (Å²) in [5.74, 6) is 2.25. The second-order valence-corrected chi connectivity index (χ2v) is 5.68. The Balaban J connectivity index is 1.84. The summed E-state index contributed by atoms with van der Waals surface area (Å²) in [4.78, 5) is 11.3. The smallest absolute Gasteiger partial charge is 0.337 e. The maximum atomic E-state index is 11.3. The van der Waals surface area contributed by atoms with E-state index in [1.807, 2.05) is 36.0 Å². The predicted octanol–water partition coefficient (Wildman–Crippen LogP) is 2.46. The van der Waals surface area contributed by atoms with Crippen LogP contribution in [0, 0.1) is 0 Å². The normalized spacial score (nSPS) is 16.5. The molecule has 1 heterocycles. The van der Waals surface area contributed by atoms with Gasteiger partial charge in [-0.1, -0.05) is 12.1 Å². The number of methoxy groups -OCH3 is 1. The Kier molecular flexibility index (Phi) is 5.08. The van der Waals surface area contributed by atoms with Crippen molar-refractivity contribution in [3.8, 4) is 0 Å². The van der Waals surface area contributed by atoms with Crippen molar-refractivity contribution in [2.75, 3.05) is 18.6 Å². The zero-order valence-corrected chi connectivity index (χ0v) is 11.5. The molecule has 1 aliphatic rings. The first-order valence-electron chi connectivity index (χ1n) is 6.28. The molecule has 1 aromatic carbocycles. The Labute approximate surface area is 112 Å². The Bertz CT molecular complexity index is 385. The summed E-state index contributed by atoms with van der Waals surface area (Å²) in [5.41, 5.74) is 1.82. The number of thioether (sulfide) groups is 1. The molecule has 1 saturated heterocycles. The highest BCUT2D eigenvalue weighted by Crippen LogP contribution is 2.17. The number of hydrogen-bond donors (Lipinski definition) is 1. The number of rotatable bonds is 4. The van der Waals surface area contributed by atoms with E-state index in [4.69, 9.17) is 0 Å². The van der Waals surface area contributed by atoms with E-state index in [0.29, 0.717) is 11.6 Å². The van der Waals surface area contributed by atoms with Crippen molar-refractivity contribution >= 4 is 17.7 Å². The van der Waals surface area contributed by atoms with E-state index in [9.17, 15) is 4.79 Å². The molecule has 1 aliphatic heterocycles. The minimum absolute atomic E-state index is 0.279. The second kappa shape index (κ2) is 6.81. The number of carbonyl (C=O) groups excluding carboxylic acids is 1. The molecule has 1 fully saturated rings. The summed E-state index contributed by atoms with van der Waals surface area (Å²) in [7, 11) is 1.40. The van der Waals surface area contributed by atoms with Gasteiger partial charge >= 0.3 is 5.97 Å². The molecular weight excluding hydrogens is 246 g/mol. The van der Waals surface area contributed by atoms with E-state index in [-0.39, 0.29) is 5.97 Å². The van der Waals surface area contributed by atoms with Crippen molar-refractivity contribution in [3.05, 3.63) is 35.4 Å². The van der Waals surface area contributed by atoms with Crippen LogP contribution in [0.1, 0.15) is 28.8 Å². The molecule has 1 aromatic rings. The summed E-state index contributed by atoms with van der Waals surface area (Å²) in [6.45, 7) is 0.872. The fourth-order valence-corrected chi connectivity index (χ4v) is 3.15. The van der Waals surface area contributed by atoms with Gasteiger partial charge in [0.25, 0.3) is 0 Å². The lowest BCUT2D eigenvalue weighted by atomic mass is 10.1. The molecular formula is C14H19NO2S. The van der Waals surface area contributed by atoms with Crippen molar-refractivity contribution in [1.29, 1.82) is 0 Å². The zero-order valence-electron chi connectivity index (χ0n) is 10.6. The van der Waals surface area contributed by atoms with E-state index in [1.165, 1.54) is 37.0 Å². The average Bonchev–Trinajstić information content (AvgIpc) is 2.46. The largest absolute Gasteiger partial charge is 0.465 e. The van der Waals surface area contributed by atoms with Crippen molar-refractivity contribution in [2.45, 2.75) is 25.4 Å². The molecule has 0 aliphatic carbocycles. The summed E-state index contributed by atoms with van der Waals surface area (Å²) in [5, 5.41) is 3.57. The van der Waals surface area contributed by atoms with Crippen molar-refractivity contribution < 1.29 is 9.53 Å². The van der Waals surface area contributed by atoms with Crippen LogP contribution in [0.5, 0.6) is 0 Å². The first kappa shape index (κ1) is 13.4. The SMILES string of the molecule is COC(=O)c1ccc(CNC2CCSCC2)cc1. The van der Waals surface area contributed by atoms with Crippen LogP contribution in [0.25, 0.3) is 0 Å². The highest BCUT2D eigenvalue weighted by Gasteiger charge is 2.12. The van der Waals surface area contributed by atoms with Crippen LogP contribution in [0.3, 0.4) is 0 Å². The van der Waals surface area contributed by atoms with Crippen LogP contribution in [0.4, 0.5) is 0 Å². The molecule has 0 aromatic heterocycles. The van der Waals surface area contributed by atoms with Crippen molar-refractivity contribution in [1.82, 2.24) is 5.32 Å². The Morgan fingerprint density at radius 3 is 2.61 bits per heavy atom. The maximum absolute atomic E-state index is 11.3. The number of carbonyl (C=O) groups is 1. The molecule has 0 bridgehead atoms. The quantitative estimate of drug-likeness (QED) is 0.849. The minimum Gasteiger partial charge on any atom is -0.465 e. The molecule has 0 spiro atoms. The van der Waals surface area contributed by atoms with E-state index in [2.05, 4.69) is 10.1 Å². The third-order valence-corrected chi connectivity index (χ3v) is 4.24. The standard InChI is InChI=1S/C14H19NO2S/c1-17-14(16)12-4-2-11(3-5-12)10-15-13-6-8-18-9-7-13/h2-5,13,15H,6-10H2,1H3. The van der Waals surface area contributed by atoms with Crippen molar-refractivity contribution in [2.24, 2.45) is 0 Å². The van der Waals surface area contributed by atoms with Crippen LogP contribution in [-0.4, -0.2) is 30.6 Å². The van der Waals surface area contributed by atoms with Crippen LogP contribution in [-0.2, 0) is 11.3 Å². The van der Waals surface area contributed by atoms with Crippen LogP contribution < -0.4 is 5.32 Å². The minimum atomic E-state index is -0.279. The van der Waals surface area contributed by atoms with E-state index < -0.39 is 0 Å². The number of hydrogen-bond acceptors (Lipinski definition) is 4. The van der Waals surface area contributed by atoms with Crippen molar-refractivity contribution in [3.63, 3.8) is 0 Å².